The van der Waals surface area contributed by atoms with E-state index in [0.29, 0.717) is 16.9 Å². The molecule has 0 saturated carbocycles. The van der Waals surface area contributed by atoms with Crippen molar-refractivity contribution in [3.63, 3.8) is 0 Å². The first-order valence-electron chi connectivity index (χ1n) is 7.48. The summed E-state index contributed by atoms with van der Waals surface area (Å²) in [6.45, 7) is 0. The molecule has 0 radical (unpaired) electrons. The van der Waals surface area contributed by atoms with Gasteiger partial charge in [0.05, 0.1) is 17.1 Å². The number of phenols is 3. The van der Waals surface area contributed by atoms with Crippen LogP contribution in [-0.4, -0.2) is 21.5 Å². The van der Waals surface area contributed by atoms with Gasteiger partial charge in [-0.2, -0.15) is 10.2 Å². The fourth-order valence-electron chi connectivity index (χ4n) is 2.05. The molecule has 0 heterocycles. The lowest BCUT2D eigenvalue weighted by molar-refractivity contribution is 0.367. The van der Waals surface area contributed by atoms with E-state index in [0.717, 1.165) is 5.69 Å². The number of nitrogens with zero attached hydrogens (tertiary/aromatic N) is 3. The molecule has 0 amide bonds. The van der Waals surface area contributed by atoms with Crippen LogP contribution in [0.25, 0.3) is 0 Å². The lowest BCUT2D eigenvalue weighted by Crippen LogP contribution is -1.83. The third kappa shape index (κ3) is 4.00. The maximum Gasteiger partial charge on any atom is 0.200 e. The van der Waals surface area contributed by atoms with Crippen LogP contribution < -0.4 is 0 Å². The second-order valence-corrected chi connectivity index (χ2v) is 5.18. The molecule has 124 valence electrons. The number of phenolic OH excluding ortho intramolecular Hbond substituents is 3. The number of rotatable bonds is 4. The smallest absolute Gasteiger partial charge is 0.200 e. The number of aliphatic imine (C=N–C) groups is 1. The van der Waals surface area contributed by atoms with Crippen molar-refractivity contribution >= 4 is 23.3 Å². The van der Waals surface area contributed by atoms with E-state index in [1.807, 2.05) is 30.3 Å². The number of hydrogen-bond donors (Lipinski definition) is 3. The second kappa shape index (κ2) is 7.27. The Morgan fingerprint density at radius 3 is 1.88 bits per heavy atom. The normalized spacial score (nSPS) is 11.4. The van der Waals surface area contributed by atoms with Crippen molar-refractivity contribution in [3.8, 4) is 17.2 Å². The molecule has 6 nitrogen and oxygen atoms in total. The average molecular weight is 333 g/mol. The highest BCUT2D eigenvalue weighted by Gasteiger charge is 2.09. The molecule has 0 aromatic heterocycles. The Bertz CT molecular complexity index is 921. The Hall–Kier alpha value is -3.67. The van der Waals surface area contributed by atoms with Crippen LogP contribution in [0.2, 0.25) is 0 Å². The van der Waals surface area contributed by atoms with Gasteiger partial charge >= 0.3 is 0 Å². The molecule has 0 spiro atoms. The van der Waals surface area contributed by atoms with Crippen molar-refractivity contribution in [1.29, 1.82) is 0 Å². The zero-order chi connectivity index (χ0) is 17.6. The predicted molar refractivity (Wildman–Crippen MR) is 95.8 cm³/mol. The first-order chi connectivity index (χ1) is 12.1. The van der Waals surface area contributed by atoms with Gasteiger partial charge < -0.3 is 15.3 Å². The van der Waals surface area contributed by atoms with Crippen LogP contribution in [0.15, 0.2) is 82.0 Å². The van der Waals surface area contributed by atoms with Crippen molar-refractivity contribution in [2.75, 3.05) is 0 Å². The van der Waals surface area contributed by atoms with Crippen molar-refractivity contribution in [1.82, 2.24) is 0 Å². The van der Waals surface area contributed by atoms with E-state index < -0.39 is 11.5 Å². The Balaban J connectivity index is 1.73. The first-order valence-corrected chi connectivity index (χ1v) is 7.48. The molecule has 3 aromatic carbocycles. The van der Waals surface area contributed by atoms with E-state index in [4.69, 9.17) is 0 Å². The molecule has 3 N–H and O–H groups in total. The van der Waals surface area contributed by atoms with Crippen molar-refractivity contribution in [3.05, 3.63) is 72.3 Å². The molecule has 0 aliphatic carbocycles. The summed E-state index contributed by atoms with van der Waals surface area (Å²) in [5.74, 6) is -1.37. The van der Waals surface area contributed by atoms with Crippen LogP contribution in [0, 0.1) is 0 Å². The number of azo groups is 1. The molecule has 0 bridgehead atoms. The predicted octanol–water partition coefficient (Wildman–Crippen LogP) is 4.97. The van der Waals surface area contributed by atoms with E-state index in [2.05, 4.69) is 15.2 Å². The minimum absolute atomic E-state index is 0.295. The quantitative estimate of drug-likeness (QED) is 0.357. The molecule has 3 aromatic rings. The Morgan fingerprint density at radius 2 is 1.20 bits per heavy atom. The summed E-state index contributed by atoms with van der Waals surface area (Å²) in [6.07, 6.45) is 1.40. The largest absolute Gasteiger partial charge is 0.504 e. The molecular weight excluding hydrogens is 318 g/mol. The average Bonchev–Trinajstić information content (AvgIpc) is 2.66. The van der Waals surface area contributed by atoms with E-state index >= 15 is 0 Å². The lowest BCUT2D eigenvalue weighted by atomic mass is 10.2. The van der Waals surface area contributed by atoms with E-state index in [9.17, 15) is 15.3 Å². The van der Waals surface area contributed by atoms with Gasteiger partial charge in [0.1, 0.15) is 0 Å². The van der Waals surface area contributed by atoms with Gasteiger partial charge in [-0.1, -0.05) is 18.2 Å². The van der Waals surface area contributed by atoms with Crippen LogP contribution in [0.1, 0.15) is 5.56 Å². The molecule has 0 unspecified atom stereocenters. The molecule has 0 atom stereocenters. The fraction of sp³-hybridized carbons (Fsp3) is 0. The Morgan fingerprint density at radius 1 is 0.600 bits per heavy atom. The number of benzene rings is 3. The Labute approximate surface area is 144 Å². The maximum atomic E-state index is 9.75. The third-order valence-electron chi connectivity index (χ3n) is 3.40. The molecule has 0 aliphatic rings. The van der Waals surface area contributed by atoms with Gasteiger partial charge in [0, 0.05) is 11.8 Å². The van der Waals surface area contributed by atoms with Gasteiger partial charge in [-0.05, 0) is 48.5 Å². The topological polar surface area (TPSA) is 97.8 Å². The van der Waals surface area contributed by atoms with Crippen LogP contribution in [0.3, 0.4) is 0 Å². The zero-order valence-electron chi connectivity index (χ0n) is 13.1. The van der Waals surface area contributed by atoms with Crippen LogP contribution in [-0.2, 0) is 0 Å². The van der Waals surface area contributed by atoms with Gasteiger partial charge in [0.15, 0.2) is 11.5 Å². The molecule has 6 heteroatoms. The second-order valence-electron chi connectivity index (χ2n) is 5.18. The van der Waals surface area contributed by atoms with E-state index in [-0.39, 0.29) is 5.75 Å². The first kappa shape index (κ1) is 16.2. The molecule has 0 aliphatic heterocycles. The molecule has 25 heavy (non-hydrogen) atoms. The van der Waals surface area contributed by atoms with Crippen LogP contribution >= 0.6 is 0 Å². The molecule has 0 fully saturated rings. The summed E-state index contributed by atoms with van der Waals surface area (Å²) in [7, 11) is 0. The van der Waals surface area contributed by atoms with E-state index in [1.165, 1.54) is 18.3 Å². The van der Waals surface area contributed by atoms with Crippen molar-refractivity contribution in [2.45, 2.75) is 0 Å². The summed E-state index contributed by atoms with van der Waals surface area (Å²) in [4.78, 5) is 4.22. The van der Waals surface area contributed by atoms with Gasteiger partial charge in [-0.25, -0.2) is 0 Å². The van der Waals surface area contributed by atoms with Gasteiger partial charge in [-0.15, -0.1) is 0 Å². The fourth-order valence-corrected chi connectivity index (χ4v) is 2.05. The molecular formula is C19H15N3O3. The monoisotopic (exact) mass is 333 g/mol. The number of aromatic hydroxyl groups is 3. The van der Waals surface area contributed by atoms with Gasteiger partial charge in [-0.3, -0.25) is 4.99 Å². The van der Waals surface area contributed by atoms with Crippen molar-refractivity contribution in [2.24, 2.45) is 15.2 Å². The van der Waals surface area contributed by atoms with E-state index in [1.54, 1.807) is 24.3 Å². The van der Waals surface area contributed by atoms with Crippen LogP contribution in [0.4, 0.5) is 17.1 Å². The lowest BCUT2D eigenvalue weighted by Gasteiger charge is -2.03. The van der Waals surface area contributed by atoms with Gasteiger partial charge in [0.2, 0.25) is 5.75 Å². The highest BCUT2D eigenvalue weighted by atomic mass is 16.3. The highest BCUT2D eigenvalue weighted by molar-refractivity contribution is 5.87. The number of hydrogen-bond acceptors (Lipinski definition) is 6. The minimum Gasteiger partial charge on any atom is -0.504 e. The van der Waals surface area contributed by atoms with Crippen molar-refractivity contribution < 1.29 is 15.3 Å². The highest BCUT2D eigenvalue weighted by Crippen LogP contribution is 2.36. The maximum absolute atomic E-state index is 9.75. The van der Waals surface area contributed by atoms with Gasteiger partial charge in [0.25, 0.3) is 0 Å². The SMILES string of the molecule is Oc1ccc(C=Nc2ccc(N=Nc3ccccc3)cc2)c(O)c1O. The summed E-state index contributed by atoms with van der Waals surface area (Å²) in [6, 6.07) is 19.2. The third-order valence-corrected chi connectivity index (χ3v) is 3.40. The molecule has 0 saturated heterocycles. The standard InChI is InChI=1S/C19H15N3O3/c23-17-11-6-13(18(24)19(17)25)12-20-14-7-9-16(10-8-14)22-21-15-4-2-1-3-5-15/h1-12,23-25H. The minimum atomic E-state index is -0.569. The summed E-state index contributed by atoms with van der Waals surface area (Å²) < 4.78 is 0. The summed E-state index contributed by atoms with van der Waals surface area (Å²) in [5.41, 5.74) is 2.40. The van der Waals surface area contributed by atoms with Crippen LogP contribution in [0.5, 0.6) is 17.2 Å². The summed E-state index contributed by atoms with van der Waals surface area (Å²) >= 11 is 0. The Kier molecular flexibility index (Phi) is 4.71. The zero-order valence-corrected chi connectivity index (χ0v) is 13.1. The molecule has 3 rings (SSSR count). The summed E-state index contributed by atoms with van der Waals surface area (Å²) in [5, 5.41) is 36.8.